The summed E-state index contributed by atoms with van der Waals surface area (Å²) in [5.41, 5.74) is 3.12. The lowest BCUT2D eigenvalue weighted by Crippen LogP contribution is -2.28. The van der Waals surface area contributed by atoms with Gasteiger partial charge >= 0.3 is 0 Å². The molecule has 0 aliphatic carbocycles. The normalized spacial score (nSPS) is 10.7. The van der Waals surface area contributed by atoms with Gasteiger partial charge in [-0.25, -0.2) is 0 Å². The van der Waals surface area contributed by atoms with Crippen molar-refractivity contribution < 1.29 is 9.53 Å². The predicted molar refractivity (Wildman–Crippen MR) is 99.3 cm³/mol. The highest BCUT2D eigenvalue weighted by Crippen LogP contribution is 2.20. The lowest BCUT2D eigenvalue weighted by molar-refractivity contribution is -0.116. The van der Waals surface area contributed by atoms with E-state index in [2.05, 4.69) is 5.32 Å². The van der Waals surface area contributed by atoms with Gasteiger partial charge in [0.05, 0.1) is 12.6 Å². The number of para-hydroxylation sites is 1. The van der Waals surface area contributed by atoms with E-state index in [0.29, 0.717) is 11.4 Å². The molecule has 0 saturated heterocycles. The monoisotopic (exact) mass is 336 g/mol. The van der Waals surface area contributed by atoms with Gasteiger partial charge in [-0.2, -0.15) is 0 Å². The number of hydrogen-bond acceptors (Lipinski definition) is 3. The van der Waals surface area contributed by atoms with E-state index in [9.17, 15) is 9.59 Å². The molecule has 0 unspecified atom stereocenters. The maximum Gasteiger partial charge on any atom is 0.251 e. The highest BCUT2D eigenvalue weighted by molar-refractivity contribution is 5.92. The fourth-order valence-electron chi connectivity index (χ4n) is 2.99. The molecule has 25 heavy (non-hydrogen) atoms. The van der Waals surface area contributed by atoms with Crippen molar-refractivity contribution in [2.75, 3.05) is 12.4 Å². The van der Waals surface area contributed by atoms with Crippen LogP contribution in [0.15, 0.2) is 53.3 Å². The van der Waals surface area contributed by atoms with Gasteiger partial charge in [0.2, 0.25) is 5.91 Å². The zero-order valence-electron chi connectivity index (χ0n) is 14.5. The molecular weight excluding hydrogens is 316 g/mol. The van der Waals surface area contributed by atoms with E-state index in [1.54, 1.807) is 37.4 Å². The number of aromatic nitrogens is 1. The highest BCUT2D eigenvalue weighted by Gasteiger charge is 2.12. The average molecular weight is 336 g/mol. The third kappa shape index (κ3) is 3.40. The first kappa shape index (κ1) is 16.8. The molecule has 1 N–H and O–H groups in total. The Morgan fingerprint density at radius 3 is 2.60 bits per heavy atom. The first-order valence-electron chi connectivity index (χ1n) is 8.03. The summed E-state index contributed by atoms with van der Waals surface area (Å²) >= 11 is 0. The summed E-state index contributed by atoms with van der Waals surface area (Å²) in [6.07, 6.45) is 0. The molecule has 2 aromatic carbocycles. The molecule has 3 aromatic rings. The summed E-state index contributed by atoms with van der Waals surface area (Å²) in [6, 6.07) is 14.5. The molecule has 0 bridgehead atoms. The van der Waals surface area contributed by atoms with Crippen molar-refractivity contribution in [2.45, 2.75) is 20.4 Å². The van der Waals surface area contributed by atoms with Crippen LogP contribution >= 0.6 is 0 Å². The molecule has 128 valence electrons. The summed E-state index contributed by atoms with van der Waals surface area (Å²) in [4.78, 5) is 24.9. The first-order valence-corrected chi connectivity index (χ1v) is 8.03. The van der Waals surface area contributed by atoms with Crippen LogP contribution in [0, 0.1) is 13.8 Å². The molecule has 0 aliphatic rings. The van der Waals surface area contributed by atoms with Crippen LogP contribution in [0.25, 0.3) is 10.9 Å². The van der Waals surface area contributed by atoms with Crippen LogP contribution in [0.2, 0.25) is 0 Å². The molecular formula is C20H20N2O3. The quantitative estimate of drug-likeness (QED) is 0.795. The number of benzene rings is 2. The number of pyridine rings is 1. The molecule has 3 rings (SSSR count). The van der Waals surface area contributed by atoms with E-state index in [4.69, 9.17) is 4.74 Å². The number of amides is 1. The van der Waals surface area contributed by atoms with Gasteiger partial charge in [0, 0.05) is 23.2 Å². The Morgan fingerprint density at radius 1 is 1.08 bits per heavy atom. The molecule has 1 aromatic heterocycles. The van der Waals surface area contributed by atoms with Gasteiger partial charge < -0.3 is 10.1 Å². The summed E-state index contributed by atoms with van der Waals surface area (Å²) in [5, 5.41) is 3.79. The van der Waals surface area contributed by atoms with Crippen LogP contribution < -0.4 is 15.6 Å². The number of ether oxygens (including phenoxy) is 1. The summed E-state index contributed by atoms with van der Waals surface area (Å²) in [7, 11) is 1.57. The molecule has 5 nitrogen and oxygen atoms in total. The maximum absolute atomic E-state index is 12.5. The first-order chi connectivity index (χ1) is 12.0. The maximum atomic E-state index is 12.5. The minimum absolute atomic E-state index is 0.0440. The van der Waals surface area contributed by atoms with Crippen molar-refractivity contribution in [3.05, 3.63) is 70.0 Å². The minimum atomic E-state index is -0.260. The largest absolute Gasteiger partial charge is 0.497 e. The summed E-state index contributed by atoms with van der Waals surface area (Å²) < 4.78 is 6.67. The van der Waals surface area contributed by atoms with Crippen molar-refractivity contribution >= 4 is 22.5 Å². The Labute approximate surface area is 145 Å². The topological polar surface area (TPSA) is 60.3 Å². The molecule has 1 heterocycles. The van der Waals surface area contributed by atoms with E-state index in [1.807, 2.05) is 32.0 Å². The van der Waals surface area contributed by atoms with Crippen molar-refractivity contribution in [3.8, 4) is 5.75 Å². The van der Waals surface area contributed by atoms with E-state index in [0.717, 1.165) is 22.0 Å². The highest BCUT2D eigenvalue weighted by atomic mass is 16.5. The molecule has 5 heteroatoms. The average Bonchev–Trinajstić information content (AvgIpc) is 2.59. The molecule has 0 aliphatic heterocycles. The second-order valence-electron chi connectivity index (χ2n) is 6.00. The number of nitrogens with zero attached hydrogens (tertiary/aromatic N) is 1. The van der Waals surface area contributed by atoms with Gasteiger partial charge in [0.1, 0.15) is 12.3 Å². The number of carbonyl (C=O) groups is 1. The van der Waals surface area contributed by atoms with Crippen LogP contribution in [0.5, 0.6) is 5.75 Å². The fourth-order valence-corrected chi connectivity index (χ4v) is 2.99. The third-order valence-electron chi connectivity index (χ3n) is 4.19. The number of aryl methyl sites for hydroxylation is 2. The minimum Gasteiger partial charge on any atom is -0.497 e. The van der Waals surface area contributed by atoms with Crippen LogP contribution in [-0.4, -0.2) is 17.6 Å². The summed E-state index contributed by atoms with van der Waals surface area (Å²) in [5.74, 6) is 0.398. The van der Waals surface area contributed by atoms with Crippen molar-refractivity contribution in [1.82, 2.24) is 4.57 Å². The third-order valence-corrected chi connectivity index (χ3v) is 4.19. The zero-order valence-corrected chi connectivity index (χ0v) is 14.5. The zero-order chi connectivity index (χ0) is 18.0. The van der Waals surface area contributed by atoms with Crippen LogP contribution in [0.4, 0.5) is 5.69 Å². The fraction of sp³-hybridized carbons (Fsp3) is 0.200. The smallest absolute Gasteiger partial charge is 0.251 e. The van der Waals surface area contributed by atoms with Gasteiger partial charge in [-0.1, -0.05) is 24.3 Å². The SMILES string of the molecule is COc1cccc(NC(=O)Cn2c(=O)cc(C)c3cccc(C)c32)c1. The van der Waals surface area contributed by atoms with Gasteiger partial charge in [-0.05, 0) is 37.1 Å². The van der Waals surface area contributed by atoms with Crippen LogP contribution in [0.3, 0.4) is 0 Å². The van der Waals surface area contributed by atoms with E-state index < -0.39 is 0 Å². The number of methoxy groups -OCH3 is 1. The van der Waals surface area contributed by atoms with Crippen LogP contribution in [0.1, 0.15) is 11.1 Å². The standard InChI is InChI=1S/C20H20N2O3/c1-13-6-4-9-17-14(2)10-19(24)22(20(13)17)12-18(23)21-15-7-5-8-16(11-15)25-3/h4-11H,12H2,1-3H3,(H,21,23). The Morgan fingerprint density at radius 2 is 1.84 bits per heavy atom. The number of rotatable bonds is 4. The molecule has 0 spiro atoms. The summed E-state index contributed by atoms with van der Waals surface area (Å²) in [6.45, 7) is 3.80. The van der Waals surface area contributed by atoms with Crippen molar-refractivity contribution in [3.63, 3.8) is 0 Å². The van der Waals surface area contributed by atoms with Crippen LogP contribution in [-0.2, 0) is 11.3 Å². The Kier molecular flexibility index (Phi) is 4.57. The van der Waals surface area contributed by atoms with Gasteiger partial charge in [-0.15, -0.1) is 0 Å². The second-order valence-corrected chi connectivity index (χ2v) is 6.00. The van der Waals surface area contributed by atoms with Crippen molar-refractivity contribution in [1.29, 1.82) is 0 Å². The number of anilines is 1. The molecule has 0 radical (unpaired) electrons. The van der Waals surface area contributed by atoms with E-state index in [1.165, 1.54) is 4.57 Å². The van der Waals surface area contributed by atoms with Crippen molar-refractivity contribution in [2.24, 2.45) is 0 Å². The van der Waals surface area contributed by atoms with E-state index in [-0.39, 0.29) is 18.0 Å². The predicted octanol–water partition coefficient (Wildman–Crippen LogP) is 3.27. The Bertz CT molecular complexity index is 1010. The van der Waals surface area contributed by atoms with Gasteiger partial charge in [0.25, 0.3) is 5.56 Å². The lowest BCUT2D eigenvalue weighted by atomic mass is 10.1. The van der Waals surface area contributed by atoms with Gasteiger partial charge in [0.15, 0.2) is 0 Å². The number of carbonyl (C=O) groups excluding carboxylic acids is 1. The molecule has 0 atom stereocenters. The lowest BCUT2D eigenvalue weighted by Gasteiger charge is -2.14. The van der Waals surface area contributed by atoms with Gasteiger partial charge in [-0.3, -0.25) is 14.2 Å². The second kappa shape index (κ2) is 6.81. The molecule has 1 amide bonds. The number of nitrogens with one attached hydrogen (secondary N) is 1. The number of fused-ring (bicyclic) bond motifs is 1. The number of hydrogen-bond donors (Lipinski definition) is 1. The van der Waals surface area contributed by atoms with E-state index >= 15 is 0 Å². The Balaban J connectivity index is 1.95. The molecule has 0 fully saturated rings. The Hall–Kier alpha value is -3.08. The molecule has 0 saturated carbocycles.